The van der Waals surface area contributed by atoms with E-state index in [4.69, 9.17) is 14.2 Å². The lowest BCUT2D eigenvalue weighted by atomic mass is 10.1. The zero-order valence-electron chi connectivity index (χ0n) is 14.2. The Labute approximate surface area is 136 Å². The quantitative estimate of drug-likeness (QED) is 0.843. The molecule has 6 heteroatoms. The van der Waals surface area contributed by atoms with Crippen molar-refractivity contribution < 1.29 is 14.2 Å². The van der Waals surface area contributed by atoms with Crippen LogP contribution in [0.2, 0.25) is 0 Å². The van der Waals surface area contributed by atoms with Crippen molar-refractivity contribution in [2.75, 3.05) is 19.5 Å². The summed E-state index contributed by atoms with van der Waals surface area (Å²) in [4.78, 5) is 8.45. The van der Waals surface area contributed by atoms with Crippen LogP contribution in [-0.4, -0.2) is 30.3 Å². The number of anilines is 1. The molecule has 0 saturated heterocycles. The fraction of sp³-hybridized carbons (Fsp3) is 0.412. The van der Waals surface area contributed by atoms with Crippen molar-refractivity contribution in [2.45, 2.75) is 32.9 Å². The van der Waals surface area contributed by atoms with Gasteiger partial charge in [-0.3, -0.25) is 0 Å². The Kier molecular flexibility index (Phi) is 5.62. The predicted octanol–water partition coefficient (Wildman–Crippen LogP) is 3.45. The normalized spacial score (nSPS) is 11.9. The number of rotatable bonds is 7. The Balaban J connectivity index is 2.16. The lowest BCUT2D eigenvalue weighted by Crippen LogP contribution is -2.11. The molecule has 0 saturated carbocycles. The number of nitrogens with zero attached hydrogens (tertiary/aromatic N) is 2. The van der Waals surface area contributed by atoms with E-state index in [1.807, 2.05) is 39.0 Å². The second-order valence-corrected chi connectivity index (χ2v) is 5.37. The van der Waals surface area contributed by atoms with Crippen molar-refractivity contribution in [1.82, 2.24) is 9.97 Å². The topological polar surface area (TPSA) is 65.5 Å². The molecule has 1 aromatic carbocycles. The SMILES string of the molecule is COc1ccnc(NC(C)c2ccc(OC(C)C)c(OC)c2)n1. The summed E-state index contributed by atoms with van der Waals surface area (Å²) in [6.07, 6.45) is 1.75. The van der Waals surface area contributed by atoms with Crippen LogP contribution in [0.4, 0.5) is 5.95 Å². The van der Waals surface area contributed by atoms with E-state index in [9.17, 15) is 0 Å². The molecule has 0 amide bonds. The number of ether oxygens (including phenoxy) is 3. The van der Waals surface area contributed by atoms with E-state index < -0.39 is 0 Å². The zero-order valence-corrected chi connectivity index (χ0v) is 14.2. The van der Waals surface area contributed by atoms with E-state index in [-0.39, 0.29) is 12.1 Å². The Bertz CT molecular complexity index is 647. The monoisotopic (exact) mass is 317 g/mol. The van der Waals surface area contributed by atoms with Gasteiger partial charge in [0.25, 0.3) is 0 Å². The van der Waals surface area contributed by atoms with Gasteiger partial charge in [0.15, 0.2) is 11.5 Å². The first-order valence-corrected chi connectivity index (χ1v) is 7.51. The van der Waals surface area contributed by atoms with Gasteiger partial charge in [-0.05, 0) is 38.5 Å². The number of benzene rings is 1. The molecule has 23 heavy (non-hydrogen) atoms. The number of nitrogens with one attached hydrogen (secondary N) is 1. The molecule has 0 aliphatic carbocycles. The van der Waals surface area contributed by atoms with Crippen molar-refractivity contribution in [3.63, 3.8) is 0 Å². The minimum absolute atomic E-state index is 0.00380. The van der Waals surface area contributed by atoms with Gasteiger partial charge >= 0.3 is 0 Å². The Morgan fingerprint density at radius 3 is 2.43 bits per heavy atom. The molecule has 1 aromatic heterocycles. The summed E-state index contributed by atoms with van der Waals surface area (Å²) in [5.74, 6) is 2.47. The number of hydrogen-bond acceptors (Lipinski definition) is 6. The van der Waals surface area contributed by atoms with E-state index in [0.29, 0.717) is 17.6 Å². The molecule has 1 heterocycles. The molecular formula is C17H23N3O3. The molecule has 2 rings (SSSR count). The average molecular weight is 317 g/mol. The van der Waals surface area contributed by atoms with Crippen LogP contribution in [0.1, 0.15) is 32.4 Å². The Morgan fingerprint density at radius 2 is 1.78 bits per heavy atom. The Morgan fingerprint density at radius 1 is 1.00 bits per heavy atom. The highest BCUT2D eigenvalue weighted by Gasteiger charge is 2.12. The van der Waals surface area contributed by atoms with Crippen LogP contribution in [-0.2, 0) is 0 Å². The number of hydrogen-bond donors (Lipinski definition) is 1. The van der Waals surface area contributed by atoms with Gasteiger partial charge in [0, 0.05) is 12.3 Å². The highest BCUT2D eigenvalue weighted by molar-refractivity contribution is 5.45. The van der Waals surface area contributed by atoms with E-state index in [2.05, 4.69) is 15.3 Å². The van der Waals surface area contributed by atoms with Crippen LogP contribution < -0.4 is 19.5 Å². The van der Waals surface area contributed by atoms with Crippen molar-refractivity contribution in [2.24, 2.45) is 0 Å². The lowest BCUT2D eigenvalue weighted by molar-refractivity contribution is 0.230. The lowest BCUT2D eigenvalue weighted by Gasteiger charge is -2.18. The molecule has 1 atom stereocenters. The maximum atomic E-state index is 5.73. The maximum absolute atomic E-state index is 5.73. The van der Waals surface area contributed by atoms with Crippen LogP contribution in [0.3, 0.4) is 0 Å². The molecule has 6 nitrogen and oxygen atoms in total. The largest absolute Gasteiger partial charge is 0.493 e. The maximum Gasteiger partial charge on any atom is 0.226 e. The van der Waals surface area contributed by atoms with Crippen molar-refractivity contribution in [3.05, 3.63) is 36.0 Å². The van der Waals surface area contributed by atoms with E-state index in [1.165, 1.54) is 0 Å². The van der Waals surface area contributed by atoms with Gasteiger partial charge in [0.2, 0.25) is 11.8 Å². The van der Waals surface area contributed by atoms with Gasteiger partial charge in [-0.1, -0.05) is 6.07 Å². The van der Waals surface area contributed by atoms with Crippen LogP contribution in [0.15, 0.2) is 30.5 Å². The van der Waals surface area contributed by atoms with Crippen molar-refractivity contribution >= 4 is 5.95 Å². The second kappa shape index (κ2) is 7.67. The molecule has 1 unspecified atom stereocenters. The van der Waals surface area contributed by atoms with Crippen molar-refractivity contribution in [1.29, 1.82) is 0 Å². The highest BCUT2D eigenvalue weighted by Crippen LogP contribution is 2.31. The van der Waals surface area contributed by atoms with Crippen molar-refractivity contribution in [3.8, 4) is 17.4 Å². The average Bonchev–Trinajstić information content (AvgIpc) is 2.54. The summed E-state index contributed by atoms with van der Waals surface area (Å²) < 4.78 is 16.3. The molecule has 0 aliphatic heterocycles. The summed E-state index contributed by atoms with van der Waals surface area (Å²) in [6.45, 7) is 6.00. The second-order valence-electron chi connectivity index (χ2n) is 5.37. The fourth-order valence-corrected chi connectivity index (χ4v) is 2.11. The summed E-state index contributed by atoms with van der Waals surface area (Å²) in [7, 11) is 3.21. The summed E-state index contributed by atoms with van der Waals surface area (Å²) in [5.41, 5.74) is 1.05. The van der Waals surface area contributed by atoms with Crippen LogP contribution >= 0.6 is 0 Å². The zero-order chi connectivity index (χ0) is 16.8. The Hall–Kier alpha value is -2.50. The third kappa shape index (κ3) is 4.48. The minimum Gasteiger partial charge on any atom is -0.493 e. The predicted molar refractivity (Wildman–Crippen MR) is 89.4 cm³/mol. The van der Waals surface area contributed by atoms with E-state index >= 15 is 0 Å². The molecule has 1 N–H and O–H groups in total. The minimum atomic E-state index is 0.00380. The fourth-order valence-electron chi connectivity index (χ4n) is 2.11. The van der Waals surface area contributed by atoms with Gasteiger partial charge in [-0.2, -0.15) is 4.98 Å². The molecule has 0 radical (unpaired) electrons. The molecule has 124 valence electrons. The van der Waals surface area contributed by atoms with Gasteiger partial charge in [0.05, 0.1) is 26.4 Å². The summed E-state index contributed by atoms with van der Waals surface area (Å²) in [5, 5.41) is 3.25. The third-order valence-corrected chi connectivity index (χ3v) is 3.24. The standard InChI is InChI=1S/C17H23N3O3/c1-11(2)23-14-7-6-13(10-15(14)21-4)12(3)19-17-18-9-8-16(20-17)22-5/h6-12H,1-5H3,(H,18,19,20). The van der Waals surface area contributed by atoms with Crippen LogP contribution in [0, 0.1) is 0 Å². The number of methoxy groups -OCH3 is 2. The first-order valence-electron chi connectivity index (χ1n) is 7.51. The van der Waals surface area contributed by atoms with Gasteiger partial charge in [-0.25, -0.2) is 4.98 Å². The van der Waals surface area contributed by atoms with Gasteiger partial charge in [-0.15, -0.1) is 0 Å². The molecular weight excluding hydrogens is 294 g/mol. The molecule has 0 fully saturated rings. The third-order valence-electron chi connectivity index (χ3n) is 3.24. The first kappa shape index (κ1) is 16.9. The molecule has 0 spiro atoms. The van der Waals surface area contributed by atoms with E-state index in [0.717, 1.165) is 11.3 Å². The summed E-state index contributed by atoms with van der Waals surface area (Å²) in [6, 6.07) is 7.58. The van der Waals surface area contributed by atoms with Crippen LogP contribution in [0.25, 0.3) is 0 Å². The molecule has 0 aliphatic rings. The number of aromatic nitrogens is 2. The molecule has 2 aromatic rings. The van der Waals surface area contributed by atoms with Crippen LogP contribution in [0.5, 0.6) is 17.4 Å². The van der Waals surface area contributed by atoms with Gasteiger partial charge < -0.3 is 19.5 Å². The summed E-state index contributed by atoms with van der Waals surface area (Å²) >= 11 is 0. The smallest absolute Gasteiger partial charge is 0.226 e. The van der Waals surface area contributed by atoms with E-state index in [1.54, 1.807) is 26.5 Å². The molecule has 0 bridgehead atoms. The van der Waals surface area contributed by atoms with Gasteiger partial charge in [0.1, 0.15) is 0 Å². The first-order chi connectivity index (χ1) is 11.0. The highest BCUT2D eigenvalue weighted by atomic mass is 16.5.